The molecule has 0 aliphatic carbocycles. The summed E-state index contributed by atoms with van der Waals surface area (Å²) in [6.07, 6.45) is 0. The van der Waals surface area contributed by atoms with Gasteiger partial charge in [0.1, 0.15) is 5.82 Å². The Morgan fingerprint density at radius 3 is 1.44 bits per heavy atom. The Hall–Kier alpha value is -7.75. The van der Waals surface area contributed by atoms with Gasteiger partial charge in [0.25, 0.3) is 0 Å². The lowest BCUT2D eigenvalue weighted by Gasteiger charge is -2.15. The molecular weight excluding hydrogens is 720 g/mol. The van der Waals surface area contributed by atoms with Crippen LogP contribution in [0, 0.1) is 5.82 Å². The van der Waals surface area contributed by atoms with E-state index < -0.39 is 0 Å². The topological polar surface area (TPSA) is 9.86 Å². The Kier molecular flexibility index (Phi) is 7.45. The molecule has 0 amide bonds. The van der Waals surface area contributed by atoms with Crippen LogP contribution >= 0.6 is 0 Å². The molecule has 0 spiro atoms. The largest absolute Gasteiger partial charge is 0.309 e. The highest BCUT2D eigenvalue weighted by molar-refractivity contribution is 6.21. The number of rotatable bonds is 5. The van der Waals surface area contributed by atoms with E-state index in [9.17, 15) is 4.39 Å². The molecule has 10 aromatic carbocycles. The van der Waals surface area contributed by atoms with Crippen LogP contribution in [0.2, 0.25) is 0 Å². The lowest BCUT2D eigenvalue weighted by Crippen LogP contribution is -1.96. The summed E-state index contributed by atoms with van der Waals surface area (Å²) in [6.45, 7) is 0. The fraction of sp³-hybridized carbons (Fsp3) is 0. The molecule has 0 fully saturated rings. The van der Waals surface area contributed by atoms with E-state index in [4.69, 9.17) is 0 Å². The van der Waals surface area contributed by atoms with Crippen LogP contribution < -0.4 is 0 Å². The standard InChI is InChI=1S/C56H35FN2/c57-42-24-26-43(27-25-42)58-53-21-11-10-20-48(53)52-35-50-41(34-56(52)58)33-49(45-17-7-8-18-46(45)50)38-23-28-55-51(32-38)47-19-9-12-22-54(47)59(55)44-30-39(36-13-3-1-4-14-36)29-40(31-44)37-15-5-2-6-16-37/h1-35H. The number of fused-ring (bicyclic) bond motifs is 9. The summed E-state index contributed by atoms with van der Waals surface area (Å²) in [5, 5.41) is 9.58. The number of halogens is 1. The molecule has 2 heterocycles. The highest BCUT2D eigenvalue weighted by Gasteiger charge is 2.19. The minimum absolute atomic E-state index is 0.242. The second kappa shape index (κ2) is 13.2. The summed E-state index contributed by atoms with van der Waals surface area (Å²) in [7, 11) is 0. The van der Waals surface area contributed by atoms with Gasteiger partial charge in [0, 0.05) is 32.9 Å². The first kappa shape index (κ1) is 33.4. The molecule has 0 atom stereocenters. The first-order valence-corrected chi connectivity index (χ1v) is 20.1. The second-order valence-corrected chi connectivity index (χ2v) is 15.5. The monoisotopic (exact) mass is 754 g/mol. The van der Waals surface area contributed by atoms with Crippen LogP contribution in [0.25, 0.3) is 110 Å². The number of hydrogen-bond donors (Lipinski definition) is 0. The summed E-state index contributed by atoms with van der Waals surface area (Å²) < 4.78 is 18.8. The minimum Gasteiger partial charge on any atom is -0.309 e. The fourth-order valence-electron chi connectivity index (χ4n) is 9.43. The molecule has 59 heavy (non-hydrogen) atoms. The van der Waals surface area contributed by atoms with Crippen LogP contribution in [-0.4, -0.2) is 9.13 Å². The van der Waals surface area contributed by atoms with Crippen molar-refractivity contribution in [1.29, 1.82) is 0 Å². The van der Waals surface area contributed by atoms with Crippen molar-refractivity contribution < 1.29 is 4.39 Å². The van der Waals surface area contributed by atoms with Gasteiger partial charge in [-0.1, -0.05) is 127 Å². The molecule has 0 aliphatic rings. The fourth-order valence-corrected chi connectivity index (χ4v) is 9.43. The first-order valence-electron chi connectivity index (χ1n) is 20.1. The predicted molar refractivity (Wildman–Crippen MR) is 246 cm³/mol. The quantitative estimate of drug-likeness (QED) is 0.155. The SMILES string of the molecule is Fc1ccc(-n2c3ccccc3c3cc4c(cc(-c5ccc6c(c5)c5ccccc5n6-c5cc(-c6ccccc6)cc(-c6ccccc6)c5)c5ccccc54)cc32)cc1. The Labute approximate surface area is 340 Å². The average Bonchev–Trinajstić information content (AvgIpc) is 3.81. The van der Waals surface area contributed by atoms with Crippen molar-refractivity contribution in [2.24, 2.45) is 0 Å². The molecule has 0 saturated carbocycles. The van der Waals surface area contributed by atoms with Crippen LogP contribution in [0.3, 0.4) is 0 Å². The van der Waals surface area contributed by atoms with Crippen LogP contribution in [-0.2, 0) is 0 Å². The third kappa shape index (κ3) is 5.32. The summed E-state index contributed by atoms with van der Waals surface area (Å²) in [4.78, 5) is 0. The van der Waals surface area contributed by atoms with Gasteiger partial charge in [0.05, 0.1) is 22.1 Å². The van der Waals surface area contributed by atoms with Crippen molar-refractivity contribution in [3.8, 4) is 44.8 Å². The molecular formula is C56H35FN2. The summed E-state index contributed by atoms with van der Waals surface area (Å²) in [6, 6.07) is 75.2. The van der Waals surface area contributed by atoms with E-state index in [1.807, 2.05) is 12.1 Å². The van der Waals surface area contributed by atoms with Gasteiger partial charge < -0.3 is 9.13 Å². The van der Waals surface area contributed by atoms with Crippen LogP contribution in [0.5, 0.6) is 0 Å². The molecule has 0 saturated heterocycles. The minimum atomic E-state index is -0.242. The molecule has 0 aliphatic heterocycles. The zero-order chi connectivity index (χ0) is 39.0. The second-order valence-electron chi connectivity index (χ2n) is 15.5. The van der Waals surface area contributed by atoms with Gasteiger partial charge in [-0.15, -0.1) is 0 Å². The highest BCUT2D eigenvalue weighted by Crippen LogP contribution is 2.43. The van der Waals surface area contributed by atoms with Gasteiger partial charge in [-0.05, 0) is 140 Å². The molecule has 2 aromatic heterocycles. The number of para-hydroxylation sites is 2. The van der Waals surface area contributed by atoms with E-state index in [2.05, 4.69) is 197 Å². The van der Waals surface area contributed by atoms with Crippen molar-refractivity contribution in [2.75, 3.05) is 0 Å². The molecule has 0 bridgehead atoms. The van der Waals surface area contributed by atoms with Crippen molar-refractivity contribution in [3.63, 3.8) is 0 Å². The number of hydrogen-bond acceptors (Lipinski definition) is 0. The van der Waals surface area contributed by atoms with E-state index in [-0.39, 0.29) is 5.82 Å². The Morgan fingerprint density at radius 1 is 0.271 bits per heavy atom. The molecule has 12 aromatic rings. The smallest absolute Gasteiger partial charge is 0.123 e. The van der Waals surface area contributed by atoms with E-state index in [1.165, 1.54) is 88.7 Å². The van der Waals surface area contributed by atoms with E-state index in [0.717, 1.165) is 33.3 Å². The number of aromatic nitrogens is 2. The summed E-state index contributed by atoms with van der Waals surface area (Å²) >= 11 is 0. The summed E-state index contributed by atoms with van der Waals surface area (Å²) in [5.74, 6) is -0.242. The van der Waals surface area contributed by atoms with Gasteiger partial charge in [-0.2, -0.15) is 0 Å². The molecule has 0 radical (unpaired) electrons. The maximum Gasteiger partial charge on any atom is 0.123 e. The predicted octanol–water partition coefficient (Wildman–Crippen LogP) is 15.3. The number of nitrogens with zero attached hydrogens (tertiary/aromatic N) is 2. The van der Waals surface area contributed by atoms with Crippen molar-refractivity contribution in [3.05, 3.63) is 218 Å². The lowest BCUT2D eigenvalue weighted by molar-refractivity contribution is 0.627. The maximum absolute atomic E-state index is 14.1. The molecule has 2 nitrogen and oxygen atoms in total. The molecule has 0 unspecified atom stereocenters. The molecule has 0 N–H and O–H groups in total. The van der Waals surface area contributed by atoms with Crippen LogP contribution in [0.15, 0.2) is 212 Å². The number of benzene rings is 10. The summed E-state index contributed by atoms with van der Waals surface area (Å²) in [5.41, 5.74) is 13.7. The average molecular weight is 755 g/mol. The molecule has 3 heteroatoms. The van der Waals surface area contributed by atoms with E-state index in [1.54, 1.807) is 0 Å². The Balaban J connectivity index is 1.09. The normalized spacial score (nSPS) is 11.8. The zero-order valence-electron chi connectivity index (χ0n) is 32.0. The van der Waals surface area contributed by atoms with Gasteiger partial charge in [0.2, 0.25) is 0 Å². The zero-order valence-corrected chi connectivity index (χ0v) is 32.0. The third-order valence-corrected chi connectivity index (χ3v) is 12.1. The Bertz CT molecular complexity index is 3540. The van der Waals surface area contributed by atoms with Gasteiger partial charge >= 0.3 is 0 Å². The van der Waals surface area contributed by atoms with Crippen molar-refractivity contribution in [1.82, 2.24) is 9.13 Å². The van der Waals surface area contributed by atoms with E-state index >= 15 is 0 Å². The van der Waals surface area contributed by atoms with Crippen molar-refractivity contribution in [2.45, 2.75) is 0 Å². The highest BCUT2D eigenvalue weighted by atomic mass is 19.1. The Morgan fingerprint density at radius 2 is 0.797 bits per heavy atom. The van der Waals surface area contributed by atoms with Gasteiger partial charge in [-0.3, -0.25) is 0 Å². The van der Waals surface area contributed by atoms with E-state index in [0.29, 0.717) is 0 Å². The molecule has 276 valence electrons. The first-order chi connectivity index (χ1) is 29.2. The lowest BCUT2D eigenvalue weighted by atomic mass is 9.92. The van der Waals surface area contributed by atoms with Crippen LogP contribution in [0.4, 0.5) is 4.39 Å². The maximum atomic E-state index is 14.1. The van der Waals surface area contributed by atoms with Gasteiger partial charge in [0.15, 0.2) is 0 Å². The van der Waals surface area contributed by atoms with Gasteiger partial charge in [-0.25, -0.2) is 4.39 Å². The molecule has 12 rings (SSSR count). The van der Waals surface area contributed by atoms with Crippen molar-refractivity contribution >= 4 is 65.2 Å². The third-order valence-electron chi connectivity index (χ3n) is 12.1. The van der Waals surface area contributed by atoms with Crippen LogP contribution in [0.1, 0.15) is 0 Å².